The second kappa shape index (κ2) is 5.79. The Labute approximate surface area is 111 Å². The number of carbonyl (C=O) groups excluding carboxylic acids is 1. The zero-order valence-electron chi connectivity index (χ0n) is 10.8. The topological polar surface area (TPSA) is 105 Å². The second-order valence-corrected chi connectivity index (χ2v) is 5.58. The number of amides is 1. The molecule has 0 aromatic heterocycles. The van der Waals surface area contributed by atoms with E-state index in [4.69, 9.17) is 0 Å². The maximum atomic E-state index is 11.6. The highest BCUT2D eigenvalue weighted by Gasteiger charge is 2.17. The van der Waals surface area contributed by atoms with Gasteiger partial charge in [-0.2, -0.15) is 8.42 Å². The van der Waals surface area contributed by atoms with Crippen molar-refractivity contribution in [2.24, 2.45) is 0 Å². The van der Waals surface area contributed by atoms with Crippen LogP contribution >= 0.6 is 0 Å². The van der Waals surface area contributed by atoms with Crippen molar-refractivity contribution in [1.82, 2.24) is 4.72 Å². The van der Waals surface area contributed by atoms with Crippen molar-refractivity contribution in [3.8, 4) is 5.75 Å². The van der Waals surface area contributed by atoms with E-state index in [2.05, 4.69) is 9.46 Å². The van der Waals surface area contributed by atoms with E-state index >= 15 is 0 Å². The van der Waals surface area contributed by atoms with Crippen LogP contribution in [-0.4, -0.2) is 25.7 Å². The molecule has 7 nitrogen and oxygen atoms in total. The van der Waals surface area contributed by atoms with Gasteiger partial charge in [0.2, 0.25) is 0 Å². The third kappa shape index (κ3) is 5.04. The summed E-state index contributed by atoms with van der Waals surface area (Å²) in [5.41, 5.74) is 0.769. The van der Waals surface area contributed by atoms with Crippen LogP contribution in [0.3, 0.4) is 0 Å². The maximum absolute atomic E-state index is 11.6. The van der Waals surface area contributed by atoms with E-state index in [0.29, 0.717) is 5.56 Å². The zero-order chi connectivity index (χ0) is 14.6. The van der Waals surface area contributed by atoms with Gasteiger partial charge in [0.25, 0.3) is 0 Å². The number of carbonyl (C=O) groups is 1. The molecule has 0 saturated carbocycles. The molecule has 0 aliphatic heterocycles. The van der Waals surface area contributed by atoms with Crippen molar-refractivity contribution in [2.75, 3.05) is 4.72 Å². The number of anilines is 1. The summed E-state index contributed by atoms with van der Waals surface area (Å²) in [4.78, 5) is 11.2. The normalized spacial score (nSPS) is 11.2. The highest BCUT2D eigenvalue weighted by Crippen LogP contribution is 2.20. The summed E-state index contributed by atoms with van der Waals surface area (Å²) in [6.45, 7) is 4.82. The van der Waals surface area contributed by atoms with Gasteiger partial charge in [0.1, 0.15) is 5.75 Å². The fraction of sp³-hybridized carbons (Fsp3) is 0.364. The number of rotatable bonds is 4. The van der Waals surface area contributed by atoms with Gasteiger partial charge < -0.3 is 9.84 Å². The first-order valence-corrected chi connectivity index (χ1v) is 6.99. The van der Waals surface area contributed by atoms with E-state index in [1.165, 1.54) is 18.2 Å². The minimum Gasteiger partial charge on any atom is -0.508 e. The lowest BCUT2D eigenvalue weighted by atomic mass is 10.2. The first kappa shape index (κ1) is 15.1. The average molecular weight is 288 g/mol. The summed E-state index contributed by atoms with van der Waals surface area (Å²) >= 11 is 0. The molecule has 8 heteroatoms. The molecule has 0 heterocycles. The maximum Gasteiger partial charge on any atom is 0.422 e. The fourth-order valence-corrected chi connectivity index (χ4v) is 2.12. The molecule has 0 fully saturated rings. The molecule has 1 rings (SSSR count). The summed E-state index contributed by atoms with van der Waals surface area (Å²) in [6, 6.07) is 4.11. The molecular weight excluding hydrogens is 272 g/mol. The van der Waals surface area contributed by atoms with Crippen molar-refractivity contribution < 1.29 is 23.1 Å². The molecule has 0 unspecified atom stereocenters. The van der Waals surface area contributed by atoms with Gasteiger partial charge in [0, 0.05) is 0 Å². The molecule has 0 bridgehead atoms. The molecule has 0 atom stereocenters. The van der Waals surface area contributed by atoms with E-state index < -0.39 is 22.4 Å². The van der Waals surface area contributed by atoms with Gasteiger partial charge in [-0.3, -0.25) is 4.72 Å². The van der Waals surface area contributed by atoms with Gasteiger partial charge in [0.15, 0.2) is 0 Å². The third-order valence-electron chi connectivity index (χ3n) is 2.01. The van der Waals surface area contributed by atoms with Crippen molar-refractivity contribution in [3.05, 3.63) is 23.8 Å². The van der Waals surface area contributed by atoms with E-state index in [0.717, 1.165) is 0 Å². The number of ether oxygens (including phenoxy) is 1. The number of benzene rings is 1. The molecule has 1 amide bonds. The van der Waals surface area contributed by atoms with Gasteiger partial charge in [-0.15, -0.1) is 0 Å². The predicted octanol–water partition coefficient (Wildman–Crippen LogP) is 1.49. The van der Waals surface area contributed by atoms with Gasteiger partial charge in [-0.25, -0.2) is 9.52 Å². The molecule has 0 saturated heterocycles. The van der Waals surface area contributed by atoms with Gasteiger partial charge >= 0.3 is 16.3 Å². The van der Waals surface area contributed by atoms with Gasteiger partial charge in [-0.05, 0) is 44.5 Å². The monoisotopic (exact) mass is 288 g/mol. The lowest BCUT2D eigenvalue weighted by molar-refractivity contribution is 0.121. The van der Waals surface area contributed by atoms with Crippen LogP contribution in [-0.2, 0) is 14.9 Å². The summed E-state index contributed by atoms with van der Waals surface area (Å²) < 4.78 is 31.8. The van der Waals surface area contributed by atoms with E-state index in [1.807, 2.05) is 0 Å². The number of nitrogens with one attached hydrogen (secondary N) is 2. The number of hydrogen-bond donors (Lipinski definition) is 3. The fourth-order valence-electron chi connectivity index (χ4n) is 1.28. The Morgan fingerprint density at radius 2 is 2.00 bits per heavy atom. The number of phenolic OH excluding ortho intramolecular Hbond substituents is 1. The van der Waals surface area contributed by atoms with Crippen LogP contribution in [0.1, 0.15) is 19.4 Å². The standard InChI is InChI=1S/C11H16N2O5S/c1-7(2)18-11(15)13-19(16,17)12-10-5-4-9(14)6-8(10)3/h4-7,12,14H,1-3H3,(H,13,15). The van der Waals surface area contributed by atoms with Crippen LogP contribution in [0.4, 0.5) is 10.5 Å². The van der Waals surface area contributed by atoms with E-state index in [9.17, 15) is 18.3 Å². The summed E-state index contributed by atoms with van der Waals surface area (Å²) in [6.07, 6.45) is -1.48. The average Bonchev–Trinajstić information content (AvgIpc) is 2.19. The zero-order valence-corrected chi connectivity index (χ0v) is 11.6. The molecule has 0 aliphatic rings. The Morgan fingerprint density at radius 1 is 1.37 bits per heavy atom. The third-order valence-corrected chi connectivity index (χ3v) is 2.94. The van der Waals surface area contributed by atoms with Crippen LogP contribution in [0.25, 0.3) is 0 Å². The van der Waals surface area contributed by atoms with E-state index in [-0.39, 0.29) is 11.4 Å². The van der Waals surface area contributed by atoms with Crippen LogP contribution in [0.15, 0.2) is 18.2 Å². The molecule has 0 radical (unpaired) electrons. The molecular formula is C11H16N2O5S. The molecule has 1 aromatic rings. The minimum atomic E-state index is -4.07. The van der Waals surface area contributed by atoms with Crippen molar-refractivity contribution in [3.63, 3.8) is 0 Å². The van der Waals surface area contributed by atoms with Crippen molar-refractivity contribution in [2.45, 2.75) is 26.9 Å². The van der Waals surface area contributed by atoms with Crippen LogP contribution < -0.4 is 9.44 Å². The van der Waals surface area contributed by atoms with E-state index in [1.54, 1.807) is 25.5 Å². The summed E-state index contributed by atoms with van der Waals surface area (Å²) in [7, 11) is -4.07. The van der Waals surface area contributed by atoms with Crippen LogP contribution in [0.5, 0.6) is 5.75 Å². The Morgan fingerprint density at radius 3 is 2.53 bits per heavy atom. The van der Waals surface area contributed by atoms with Gasteiger partial charge in [-0.1, -0.05) is 0 Å². The van der Waals surface area contributed by atoms with Crippen LogP contribution in [0, 0.1) is 6.92 Å². The Balaban J connectivity index is 2.77. The number of aryl methyl sites for hydroxylation is 1. The summed E-state index contributed by atoms with van der Waals surface area (Å²) in [5, 5.41) is 9.21. The molecule has 3 N–H and O–H groups in total. The lowest BCUT2D eigenvalue weighted by Crippen LogP contribution is -2.36. The SMILES string of the molecule is Cc1cc(O)ccc1NS(=O)(=O)NC(=O)OC(C)C. The Hall–Kier alpha value is -1.96. The molecule has 19 heavy (non-hydrogen) atoms. The Bertz CT molecular complexity index is 568. The largest absolute Gasteiger partial charge is 0.508 e. The minimum absolute atomic E-state index is 0.0209. The van der Waals surface area contributed by atoms with Crippen LogP contribution in [0.2, 0.25) is 0 Å². The smallest absolute Gasteiger partial charge is 0.422 e. The molecule has 0 spiro atoms. The molecule has 1 aromatic carbocycles. The highest BCUT2D eigenvalue weighted by atomic mass is 32.2. The van der Waals surface area contributed by atoms with Gasteiger partial charge in [0.05, 0.1) is 11.8 Å². The number of aromatic hydroxyl groups is 1. The first-order valence-electron chi connectivity index (χ1n) is 5.50. The summed E-state index contributed by atoms with van der Waals surface area (Å²) in [5.74, 6) is 0.0209. The lowest BCUT2D eigenvalue weighted by Gasteiger charge is -2.13. The molecule has 106 valence electrons. The van der Waals surface area contributed by atoms with Crippen molar-refractivity contribution >= 4 is 22.0 Å². The quantitative estimate of drug-likeness (QED) is 0.728. The first-order chi connectivity index (χ1) is 8.69. The molecule has 0 aliphatic carbocycles. The predicted molar refractivity (Wildman–Crippen MR) is 70.1 cm³/mol. The Kier molecular flexibility index (Phi) is 4.60. The highest BCUT2D eigenvalue weighted by molar-refractivity contribution is 7.91. The van der Waals surface area contributed by atoms with Crippen molar-refractivity contribution in [1.29, 1.82) is 0 Å². The number of hydrogen-bond acceptors (Lipinski definition) is 5. The second-order valence-electron chi connectivity index (χ2n) is 4.16. The number of phenols is 1.